The first-order chi connectivity index (χ1) is 8.80. The van der Waals surface area contributed by atoms with Gasteiger partial charge < -0.3 is 14.3 Å². The van der Waals surface area contributed by atoms with Gasteiger partial charge in [-0.15, -0.1) is 0 Å². The van der Waals surface area contributed by atoms with Crippen LogP contribution in [0, 0.1) is 0 Å². The van der Waals surface area contributed by atoms with Gasteiger partial charge in [0.1, 0.15) is 0 Å². The van der Waals surface area contributed by atoms with Gasteiger partial charge in [0.2, 0.25) is 0 Å². The van der Waals surface area contributed by atoms with Gasteiger partial charge in [-0.05, 0) is 55.2 Å². The molecule has 1 aromatic carbocycles. The van der Waals surface area contributed by atoms with Crippen molar-refractivity contribution in [2.75, 3.05) is 0 Å². The third-order valence-electron chi connectivity index (χ3n) is 4.18. The number of nitrogens with one attached hydrogen (secondary N) is 1. The average Bonchev–Trinajstić information content (AvgIpc) is 2.78. The molecule has 19 heavy (non-hydrogen) atoms. The van der Waals surface area contributed by atoms with Crippen molar-refractivity contribution in [3.63, 3.8) is 0 Å². The van der Waals surface area contributed by atoms with E-state index in [1.165, 1.54) is 0 Å². The molecule has 5 heteroatoms. The third kappa shape index (κ3) is 2.04. The highest BCUT2D eigenvalue weighted by Crippen LogP contribution is 2.36. The molecule has 1 aliphatic heterocycles. The number of aromatic amines is 1. The fraction of sp³-hybridized carbons (Fsp3) is 0.429. The normalized spacial score (nSPS) is 21.2. The molecule has 2 aromatic rings. The number of aromatic nitrogens is 1. The number of benzene rings is 1. The maximum absolute atomic E-state index is 6.07. The minimum Gasteiger partial charge on any atom is -0.399 e. The Morgan fingerprint density at radius 1 is 1.11 bits per heavy atom. The van der Waals surface area contributed by atoms with Crippen LogP contribution in [0.2, 0.25) is 0 Å². The number of hydrogen-bond acceptors (Lipinski definition) is 2. The molecule has 0 aliphatic carbocycles. The first kappa shape index (κ1) is 13.2. The summed E-state index contributed by atoms with van der Waals surface area (Å²) in [5.41, 5.74) is 1.54. The second-order valence-electron chi connectivity index (χ2n) is 6.03. The highest BCUT2D eigenvalue weighted by molar-refractivity contribution is 9.10. The van der Waals surface area contributed by atoms with Crippen molar-refractivity contribution in [2.45, 2.75) is 38.9 Å². The van der Waals surface area contributed by atoms with Crippen molar-refractivity contribution in [3.8, 4) is 0 Å². The van der Waals surface area contributed by atoms with E-state index in [2.05, 4.69) is 60.7 Å². The molecule has 1 aliphatic rings. The van der Waals surface area contributed by atoms with Crippen molar-refractivity contribution in [1.82, 2.24) is 4.98 Å². The lowest BCUT2D eigenvalue weighted by molar-refractivity contribution is 0.00578. The van der Waals surface area contributed by atoms with E-state index in [0.717, 1.165) is 20.8 Å². The maximum Gasteiger partial charge on any atom is 0.494 e. The van der Waals surface area contributed by atoms with E-state index in [-0.39, 0.29) is 18.3 Å². The fourth-order valence-electron chi connectivity index (χ4n) is 2.23. The zero-order chi connectivity index (χ0) is 13.8. The van der Waals surface area contributed by atoms with Crippen LogP contribution in [0.1, 0.15) is 27.7 Å². The number of fused-ring (bicyclic) bond motifs is 1. The summed E-state index contributed by atoms with van der Waals surface area (Å²) in [6, 6.07) is 6.21. The largest absolute Gasteiger partial charge is 0.494 e. The molecule has 0 spiro atoms. The van der Waals surface area contributed by atoms with Gasteiger partial charge in [0.15, 0.2) is 0 Å². The summed E-state index contributed by atoms with van der Waals surface area (Å²) in [5, 5.41) is 1.15. The molecular formula is C14H17BBrNO2. The molecule has 1 saturated heterocycles. The van der Waals surface area contributed by atoms with Gasteiger partial charge in [-0.25, -0.2) is 0 Å². The molecule has 0 amide bonds. The molecule has 100 valence electrons. The molecule has 0 radical (unpaired) electrons. The van der Waals surface area contributed by atoms with E-state index in [4.69, 9.17) is 9.31 Å². The van der Waals surface area contributed by atoms with Gasteiger partial charge in [0, 0.05) is 21.6 Å². The second-order valence-corrected chi connectivity index (χ2v) is 6.88. The van der Waals surface area contributed by atoms with E-state index in [1.54, 1.807) is 0 Å². The van der Waals surface area contributed by atoms with Crippen molar-refractivity contribution in [1.29, 1.82) is 0 Å². The quantitative estimate of drug-likeness (QED) is 0.818. The smallest absolute Gasteiger partial charge is 0.399 e. The summed E-state index contributed by atoms with van der Waals surface area (Å²) in [6.45, 7) is 8.27. The van der Waals surface area contributed by atoms with Crippen LogP contribution in [-0.4, -0.2) is 23.3 Å². The fourth-order valence-corrected chi connectivity index (χ4v) is 2.67. The second kappa shape index (κ2) is 4.11. The summed E-state index contributed by atoms with van der Waals surface area (Å²) >= 11 is 3.54. The molecule has 0 bridgehead atoms. The van der Waals surface area contributed by atoms with Crippen molar-refractivity contribution in [2.24, 2.45) is 0 Å². The first-order valence-corrected chi connectivity index (χ1v) is 7.22. The molecule has 1 aromatic heterocycles. The topological polar surface area (TPSA) is 34.2 Å². The summed E-state index contributed by atoms with van der Waals surface area (Å²) in [4.78, 5) is 3.21. The lowest BCUT2D eigenvalue weighted by Gasteiger charge is -2.32. The molecule has 0 unspecified atom stereocenters. The molecule has 3 rings (SSSR count). The number of H-pyrrole nitrogens is 1. The van der Waals surface area contributed by atoms with Gasteiger partial charge >= 0.3 is 7.12 Å². The van der Waals surface area contributed by atoms with E-state index >= 15 is 0 Å². The Balaban J connectivity index is 2.00. The van der Waals surface area contributed by atoms with Crippen LogP contribution in [0.5, 0.6) is 0 Å². The van der Waals surface area contributed by atoms with Crippen LogP contribution in [-0.2, 0) is 9.31 Å². The average molecular weight is 322 g/mol. The Morgan fingerprint density at radius 3 is 2.37 bits per heavy atom. The van der Waals surface area contributed by atoms with Gasteiger partial charge in [-0.3, -0.25) is 0 Å². The summed E-state index contributed by atoms with van der Waals surface area (Å²) < 4.78 is 13.2. The van der Waals surface area contributed by atoms with E-state index < -0.39 is 0 Å². The molecule has 0 saturated carbocycles. The first-order valence-electron chi connectivity index (χ1n) is 6.42. The van der Waals surface area contributed by atoms with Crippen LogP contribution in [0.4, 0.5) is 0 Å². The van der Waals surface area contributed by atoms with Crippen LogP contribution in [0.15, 0.2) is 28.9 Å². The number of rotatable bonds is 1. The van der Waals surface area contributed by atoms with E-state index in [9.17, 15) is 0 Å². The van der Waals surface area contributed by atoms with E-state index in [1.807, 2.05) is 12.3 Å². The standard InChI is InChI=1S/C14H17BBrNO2/c1-13(2)14(3,4)19-15(18-13)9-5-6-12-10(7-9)11(16)8-17-12/h5-8,17H,1-4H3. The zero-order valence-corrected chi connectivity index (χ0v) is 13.2. The van der Waals surface area contributed by atoms with Gasteiger partial charge in [-0.2, -0.15) is 0 Å². The minimum absolute atomic E-state index is 0.304. The Hall–Kier alpha value is -0.775. The minimum atomic E-state index is -0.309. The predicted molar refractivity (Wildman–Crippen MR) is 81.7 cm³/mol. The molecular weight excluding hydrogens is 305 g/mol. The number of hydrogen-bond donors (Lipinski definition) is 1. The highest BCUT2D eigenvalue weighted by Gasteiger charge is 2.51. The Bertz CT molecular complexity index is 619. The lowest BCUT2D eigenvalue weighted by Crippen LogP contribution is -2.41. The molecule has 1 N–H and O–H groups in total. The van der Waals surface area contributed by atoms with Gasteiger partial charge in [0.05, 0.1) is 11.2 Å². The highest BCUT2D eigenvalue weighted by atomic mass is 79.9. The Labute approximate surface area is 121 Å². The van der Waals surface area contributed by atoms with Crippen LogP contribution >= 0.6 is 15.9 Å². The monoisotopic (exact) mass is 321 g/mol. The third-order valence-corrected chi connectivity index (χ3v) is 4.84. The van der Waals surface area contributed by atoms with Gasteiger partial charge in [-0.1, -0.05) is 12.1 Å². The molecule has 2 heterocycles. The maximum atomic E-state index is 6.07. The van der Waals surface area contributed by atoms with Crippen molar-refractivity contribution >= 4 is 39.4 Å². The Morgan fingerprint density at radius 2 is 1.74 bits per heavy atom. The van der Waals surface area contributed by atoms with E-state index in [0.29, 0.717) is 0 Å². The van der Waals surface area contributed by atoms with Crippen LogP contribution in [0.25, 0.3) is 10.9 Å². The zero-order valence-electron chi connectivity index (χ0n) is 11.6. The Kier molecular flexibility index (Phi) is 2.86. The number of halogens is 1. The summed E-state index contributed by atoms with van der Waals surface area (Å²) in [5.74, 6) is 0. The van der Waals surface area contributed by atoms with Crippen LogP contribution < -0.4 is 5.46 Å². The lowest BCUT2D eigenvalue weighted by atomic mass is 9.79. The molecule has 1 fully saturated rings. The van der Waals surface area contributed by atoms with Gasteiger partial charge in [0.25, 0.3) is 0 Å². The summed E-state index contributed by atoms with van der Waals surface area (Å²) in [7, 11) is -0.309. The van der Waals surface area contributed by atoms with Crippen molar-refractivity contribution in [3.05, 3.63) is 28.9 Å². The molecule has 3 nitrogen and oxygen atoms in total. The van der Waals surface area contributed by atoms with Crippen molar-refractivity contribution < 1.29 is 9.31 Å². The molecule has 0 atom stereocenters. The summed E-state index contributed by atoms with van der Waals surface area (Å²) in [6.07, 6.45) is 1.94. The predicted octanol–water partition coefficient (Wildman–Crippen LogP) is 3.23. The SMILES string of the molecule is CC1(C)OB(c2ccc3[nH]cc(Br)c3c2)OC1(C)C. The van der Waals surface area contributed by atoms with Crippen LogP contribution in [0.3, 0.4) is 0 Å².